The van der Waals surface area contributed by atoms with E-state index in [0.29, 0.717) is 13.1 Å². The van der Waals surface area contributed by atoms with Crippen molar-refractivity contribution in [3.05, 3.63) is 26.6 Å². The summed E-state index contributed by atoms with van der Waals surface area (Å²) in [6.45, 7) is 3.64. The molecule has 6 heteroatoms. The third kappa shape index (κ3) is 4.02. The van der Waals surface area contributed by atoms with Crippen molar-refractivity contribution >= 4 is 43.5 Å². The second-order valence-electron chi connectivity index (χ2n) is 4.83. The summed E-state index contributed by atoms with van der Waals surface area (Å²) in [6, 6.07) is 3.92. The van der Waals surface area contributed by atoms with E-state index in [-0.39, 0.29) is 12.0 Å². The van der Waals surface area contributed by atoms with Crippen LogP contribution in [-0.4, -0.2) is 41.7 Å². The third-order valence-corrected chi connectivity index (χ3v) is 4.32. The van der Waals surface area contributed by atoms with Crippen molar-refractivity contribution in [3.63, 3.8) is 0 Å². The zero-order chi connectivity index (χ0) is 14.0. The zero-order valence-electron chi connectivity index (χ0n) is 10.6. The Balaban J connectivity index is 1.99. The van der Waals surface area contributed by atoms with Gasteiger partial charge in [0.15, 0.2) is 0 Å². The lowest BCUT2D eigenvalue weighted by atomic mass is 10.2. The number of amides is 1. The fourth-order valence-electron chi connectivity index (χ4n) is 2.16. The van der Waals surface area contributed by atoms with Crippen LogP contribution < -0.4 is 5.32 Å². The van der Waals surface area contributed by atoms with Crippen molar-refractivity contribution < 1.29 is 9.90 Å². The van der Waals surface area contributed by atoms with Crippen molar-refractivity contribution in [2.45, 2.75) is 19.4 Å². The van der Waals surface area contributed by atoms with E-state index in [1.807, 2.05) is 24.0 Å². The number of carbonyl (C=O) groups excluding carboxylic acids is 1. The van der Waals surface area contributed by atoms with Crippen LogP contribution in [0, 0.1) is 6.92 Å². The van der Waals surface area contributed by atoms with E-state index < -0.39 is 0 Å². The molecule has 0 aliphatic carbocycles. The van der Waals surface area contributed by atoms with Gasteiger partial charge in [-0.2, -0.15) is 0 Å². The molecule has 4 nitrogen and oxygen atoms in total. The smallest absolute Gasteiger partial charge is 0.238 e. The summed E-state index contributed by atoms with van der Waals surface area (Å²) in [5.41, 5.74) is 1.86. The molecule has 0 bridgehead atoms. The van der Waals surface area contributed by atoms with Gasteiger partial charge in [0.25, 0.3) is 0 Å². The quantitative estimate of drug-likeness (QED) is 0.832. The van der Waals surface area contributed by atoms with E-state index >= 15 is 0 Å². The van der Waals surface area contributed by atoms with Crippen LogP contribution in [0.3, 0.4) is 0 Å². The van der Waals surface area contributed by atoms with E-state index in [4.69, 9.17) is 0 Å². The highest BCUT2D eigenvalue weighted by atomic mass is 79.9. The molecule has 0 radical (unpaired) electrons. The van der Waals surface area contributed by atoms with Crippen molar-refractivity contribution in [1.82, 2.24) is 4.90 Å². The minimum absolute atomic E-state index is 0.0700. The molecule has 19 heavy (non-hydrogen) atoms. The van der Waals surface area contributed by atoms with Crippen LogP contribution in [-0.2, 0) is 4.79 Å². The molecular weight excluding hydrogens is 376 g/mol. The maximum absolute atomic E-state index is 12.0. The maximum Gasteiger partial charge on any atom is 0.238 e. The lowest BCUT2D eigenvalue weighted by Crippen LogP contribution is -2.32. The van der Waals surface area contributed by atoms with Gasteiger partial charge in [-0.25, -0.2) is 0 Å². The second kappa shape index (κ2) is 6.35. The summed E-state index contributed by atoms with van der Waals surface area (Å²) in [7, 11) is 0. The first-order valence-corrected chi connectivity index (χ1v) is 7.70. The number of nitrogens with zero attached hydrogens (tertiary/aromatic N) is 1. The summed E-state index contributed by atoms with van der Waals surface area (Å²) in [5.74, 6) is -0.0700. The Morgan fingerprint density at radius 1 is 1.47 bits per heavy atom. The number of anilines is 1. The minimum Gasteiger partial charge on any atom is -0.392 e. The van der Waals surface area contributed by atoms with Crippen LogP contribution >= 0.6 is 31.9 Å². The van der Waals surface area contributed by atoms with Crippen LogP contribution in [0.1, 0.15) is 12.0 Å². The molecule has 1 aromatic carbocycles. The highest BCUT2D eigenvalue weighted by Crippen LogP contribution is 2.32. The monoisotopic (exact) mass is 390 g/mol. The van der Waals surface area contributed by atoms with Gasteiger partial charge in [-0.1, -0.05) is 0 Å². The Labute approximate surface area is 129 Å². The van der Waals surface area contributed by atoms with Gasteiger partial charge in [0.2, 0.25) is 5.91 Å². The molecule has 1 aliphatic heterocycles. The summed E-state index contributed by atoms with van der Waals surface area (Å²) in [4.78, 5) is 13.9. The summed E-state index contributed by atoms with van der Waals surface area (Å²) in [5, 5.41) is 12.3. The number of rotatable bonds is 3. The molecule has 2 rings (SSSR count). The number of aryl methyl sites for hydroxylation is 1. The molecule has 2 N–H and O–H groups in total. The summed E-state index contributed by atoms with van der Waals surface area (Å²) >= 11 is 6.90. The van der Waals surface area contributed by atoms with Crippen molar-refractivity contribution in [3.8, 4) is 0 Å². The molecule has 0 saturated carbocycles. The Hall–Kier alpha value is -0.430. The number of halogens is 2. The first-order chi connectivity index (χ1) is 8.95. The Morgan fingerprint density at radius 3 is 2.63 bits per heavy atom. The first kappa shape index (κ1) is 15.0. The van der Waals surface area contributed by atoms with E-state index in [9.17, 15) is 9.90 Å². The van der Waals surface area contributed by atoms with Crippen molar-refractivity contribution in [1.29, 1.82) is 0 Å². The molecular formula is C13H16Br2N2O2. The predicted molar refractivity (Wildman–Crippen MR) is 82.3 cm³/mol. The second-order valence-corrected chi connectivity index (χ2v) is 6.54. The van der Waals surface area contributed by atoms with Crippen LogP contribution in [0.5, 0.6) is 0 Å². The standard InChI is InChI=1S/C13H16Br2N2O2/c1-8-4-10(14)13(11(15)5-8)16-12(19)7-17-3-2-9(18)6-17/h4-5,9,18H,2-3,6-7H2,1H3,(H,16,19)/t9-/m0/s1. The molecule has 1 saturated heterocycles. The van der Waals surface area contributed by atoms with Gasteiger partial charge in [0, 0.05) is 22.0 Å². The van der Waals surface area contributed by atoms with Gasteiger partial charge in [-0.05, 0) is 62.9 Å². The van der Waals surface area contributed by atoms with Gasteiger partial charge in [-0.3, -0.25) is 9.69 Å². The Morgan fingerprint density at radius 2 is 2.11 bits per heavy atom. The molecule has 1 atom stereocenters. The van der Waals surface area contributed by atoms with Gasteiger partial charge in [0.05, 0.1) is 18.3 Å². The molecule has 1 fully saturated rings. The summed E-state index contributed by atoms with van der Waals surface area (Å²) < 4.78 is 1.71. The fraction of sp³-hybridized carbons (Fsp3) is 0.462. The Kier molecular flexibility index (Phi) is 5.00. The van der Waals surface area contributed by atoms with E-state index in [1.54, 1.807) is 0 Å². The van der Waals surface area contributed by atoms with Gasteiger partial charge in [0.1, 0.15) is 0 Å². The zero-order valence-corrected chi connectivity index (χ0v) is 13.8. The van der Waals surface area contributed by atoms with Crippen LogP contribution in [0.2, 0.25) is 0 Å². The van der Waals surface area contributed by atoms with Gasteiger partial charge >= 0.3 is 0 Å². The number of aliphatic hydroxyl groups is 1. The molecule has 0 spiro atoms. The van der Waals surface area contributed by atoms with Crippen molar-refractivity contribution in [2.24, 2.45) is 0 Å². The topological polar surface area (TPSA) is 52.6 Å². The molecule has 1 aromatic rings. The third-order valence-electron chi connectivity index (χ3n) is 3.07. The van der Waals surface area contributed by atoms with Gasteiger partial charge in [-0.15, -0.1) is 0 Å². The van der Waals surface area contributed by atoms with Crippen LogP contribution in [0.15, 0.2) is 21.1 Å². The van der Waals surface area contributed by atoms with E-state index in [2.05, 4.69) is 37.2 Å². The lowest BCUT2D eigenvalue weighted by Gasteiger charge is -2.16. The molecule has 1 heterocycles. The van der Waals surface area contributed by atoms with Gasteiger partial charge < -0.3 is 10.4 Å². The number of benzene rings is 1. The molecule has 1 aliphatic rings. The number of likely N-dealkylation sites (tertiary alicyclic amines) is 1. The number of hydrogen-bond donors (Lipinski definition) is 2. The predicted octanol–water partition coefficient (Wildman–Crippen LogP) is 2.53. The largest absolute Gasteiger partial charge is 0.392 e. The highest BCUT2D eigenvalue weighted by molar-refractivity contribution is 9.11. The lowest BCUT2D eigenvalue weighted by molar-refractivity contribution is -0.117. The average Bonchev–Trinajstić information content (AvgIpc) is 2.69. The SMILES string of the molecule is Cc1cc(Br)c(NC(=O)CN2CC[C@H](O)C2)c(Br)c1. The molecule has 0 unspecified atom stereocenters. The van der Waals surface area contributed by atoms with Crippen LogP contribution in [0.4, 0.5) is 5.69 Å². The maximum atomic E-state index is 12.0. The number of nitrogens with one attached hydrogen (secondary N) is 1. The molecule has 104 valence electrons. The number of β-amino-alcohol motifs (C(OH)–C–C–N with tert-alkyl or cyclic N) is 1. The molecule has 1 amide bonds. The average molecular weight is 392 g/mol. The summed E-state index contributed by atoms with van der Waals surface area (Å²) in [6.07, 6.45) is 0.441. The number of aliphatic hydroxyl groups excluding tert-OH is 1. The fourth-order valence-corrected chi connectivity index (χ4v) is 3.77. The van der Waals surface area contributed by atoms with E-state index in [0.717, 1.165) is 33.2 Å². The van der Waals surface area contributed by atoms with Crippen LogP contribution in [0.25, 0.3) is 0 Å². The minimum atomic E-state index is -0.300. The highest BCUT2D eigenvalue weighted by Gasteiger charge is 2.22. The van der Waals surface area contributed by atoms with E-state index in [1.165, 1.54) is 0 Å². The Bertz CT molecular complexity index is 471. The normalized spacial score (nSPS) is 19.7. The number of carbonyl (C=O) groups is 1. The number of hydrogen-bond acceptors (Lipinski definition) is 3. The van der Waals surface area contributed by atoms with Crippen molar-refractivity contribution in [2.75, 3.05) is 25.0 Å². The first-order valence-electron chi connectivity index (χ1n) is 6.11. The molecule has 0 aromatic heterocycles.